The molecule has 0 aliphatic heterocycles. The van der Waals surface area contributed by atoms with Crippen molar-refractivity contribution < 1.29 is 4.74 Å². The zero-order valence-corrected chi connectivity index (χ0v) is 16.5. The molecule has 1 heterocycles. The minimum atomic E-state index is 0.245. The molecule has 2 rings (SSSR count). The molecule has 2 nitrogen and oxygen atoms in total. The number of benzene rings is 1. The predicted octanol–water partition coefficient (Wildman–Crippen LogP) is 6.18. The summed E-state index contributed by atoms with van der Waals surface area (Å²) in [6.07, 6.45) is 0. The van der Waals surface area contributed by atoms with E-state index in [2.05, 4.69) is 56.2 Å². The average Bonchev–Trinajstić information content (AvgIpc) is 2.86. The quantitative estimate of drug-likeness (QED) is 0.564. The Morgan fingerprint density at radius 2 is 2.10 bits per heavy atom. The predicted molar refractivity (Wildman–Crippen MR) is 97.6 cm³/mol. The molecule has 0 fully saturated rings. The zero-order chi connectivity index (χ0) is 15.4. The fraction of sp³-hybridized carbons (Fsp3) is 0.333. The zero-order valence-electron chi connectivity index (χ0n) is 11.8. The lowest BCUT2D eigenvalue weighted by Gasteiger charge is -2.16. The van der Waals surface area contributed by atoms with Gasteiger partial charge in [0, 0.05) is 27.5 Å². The molecule has 1 aromatic carbocycles. The highest BCUT2D eigenvalue weighted by atomic mass is 79.9. The molecule has 0 amide bonds. The van der Waals surface area contributed by atoms with Crippen LogP contribution in [-0.4, -0.2) is 6.61 Å². The van der Waals surface area contributed by atoms with Gasteiger partial charge in [0.2, 0.25) is 0 Å². The second kappa shape index (κ2) is 7.97. The van der Waals surface area contributed by atoms with Crippen LogP contribution in [0.15, 0.2) is 33.2 Å². The van der Waals surface area contributed by atoms with Crippen molar-refractivity contribution in [3.05, 3.63) is 48.0 Å². The molecule has 1 atom stereocenters. The van der Waals surface area contributed by atoms with Gasteiger partial charge in [-0.05, 0) is 54.0 Å². The van der Waals surface area contributed by atoms with Gasteiger partial charge in [-0.2, -0.15) is 0 Å². The van der Waals surface area contributed by atoms with Crippen LogP contribution in [0.25, 0.3) is 0 Å². The molecule has 0 aliphatic carbocycles. The summed E-state index contributed by atoms with van der Waals surface area (Å²) < 4.78 is 8.55. The molecule has 1 unspecified atom stereocenters. The first-order valence-corrected chi connectivity index (χ1v) is 9.38. The van der Waals surface area contributed by atoms with E-state index in [0.717, 1.165) is 31.1 Å². The van der Waals surface area contributed by atoms with Gasteiger partial charge in [0.05, 0.1) is 15.4 Å². The first-order chi connectivity index (χ1) is 10.0. The third-order valence-electron chi connectivity index (χ3n) is 2.99. The fourth-order valence-corrected chi connectivity index (χ4v) is 4.49. The van der Waals surface area contributed by atoms with Gasteiger partial charge in [-0.3, -0.25) is 0 Å². The molecule has 0 radical (unpaired) electrons. The highest BCUT2D eigenvalue weighted by Crippen LogP contribution is 2.34. The Bertz CT molecular complexity index is 618. The smallest absolute Gasteiger partial charge is 0.138 e. The van der Waals surface area contributed by atoms with Crippen LogP contribution in [0.3, 0.4) is 0 Å². The largest absolute Gasteiger partial charge is 0.492 e. The van der Waals surface area contributed by atoms with E-state index in [1.54, 1.807) is 11.3 Å². The lowest BCUT2D eigenvalue weighted by Crippen LogP contribution is -2.18. The van der Waals surface area contributed by atoms with E-state index < -0.39 is 0 Å². The van der Waals surface area contributed by atoms with Crippen molar-refractivity contribution in [1.29, 1.82) is 0 Å². The second-order valence-electron chi connectivity index (χ2n) is 4.55. The summed E-state index contributed by atoms with van der Waals surface area (Å²) in [5, 5.41) is 3.51. The topological polar surface area (TPSA) is 21.3 Å². The number of halogens is 3. The molecule has 0 saturated heterocycles. The van der Waals surface area contributed by atoms with Crippen molar-refractivity contribution >= 4 is 54.8 Å². The lowest BCUT2D eigenvalue weighted by molar-refractivity contribution is 0.332. The average molecular weight is 454 g/mol. The Kier molecular flexibility index (Phi) is 6.56. The van der Waals surface area contributed by atoms with Crippen LogP contribution in [0, 0.1) is 0 Å². The van der Waals surface area contributed by atoms with Crippen LogP contribution in [0.5, 0.6) is 5.75 Å². The van der Waals surface area contributed by atoms with Crippen LogP contribution in [0.2, 0.25) is 4.34 Å². The molecule has 1 N–H and O–H groups in total. The Morgan fingerprint density at radius 1 is 1.33 bits per heavy atom. The van der Waals surface area contributed by atoms with Crippen molar-refractivity contribution in [2.75, 3.05) is 6.61 Å². The summed E-state index contributed by atoms with van der Waals surface area (Å²) in [6, 6.07) is 8.31. The second-order valence-corrected chi connectivity index (χ2v) is 8.07. The van der Waals surface area contributed by atoms with E-state index in [1.165, 1.54) is 4.88 Å². The maximum Gasteiger partial charge on any atom is 0.138 e. The van der Waals surface area contributed by atoms with E-state index in [9.17, 15) is 0 Å². The molecule has 2 aromatic rings. The Hall–Kier alpha value is -0.0700. The van der Waals surface area contributed by atoms with E-state index in [0.29, 0.717) is 6.61 Å². The molecule has 0 saturated carbocycles. The highest BCUT2D eigenvalue weighted by Gasteiger charge is 2.13. The Morgan fingerprint density at radius 3 is 2.71 bits per heavy atom. The molecule has 0 bridgehead atoms. The minimum Gasteiger partial charge on any atom is -0.492 e. The SMILES string of the molecule is CCOc1c(Br)cc(Br)cc1CNC(C)c1ccc(Cl)s1. The van der Waals surface area contributed by atoms with Crippen molar-refractivity contribution in [3.63, 3.8) is 0 Å². The van der Waals surface area contributed by atoms with E-state index in [-0.39, 0.29) is 6.04 Å². The van der Waals surface area contributed by atoms with E-state index in [1.807, 2.05) is 19.1 Å². The number of rotatable bonds is 6. The van der Waals surface area contributed by atoms with Gasteiger partial charge >= 0.3 is 0 Å². The van der Waals surface area contributed by atoms with Crippen LogP contribution in [0.1, 0.15) is 30.3 Å². The number of nitrogens with one attached hydrogen (secondary N) is 1. The first kappa shape index (κ1) is 17.3. The van der Waals surface area contributed by atoms with Gasteiger partial charge in [-0.15, -0.1) is 11.3 Å². The molecular weight excluding hydrogens is 437 g/mol. The normalized spacial score (nSPS) is 12.4. The standard InChI is InChI=1S/C15H16Br2ClNOS/c1-3-20-15-10(6-11(16)7-12(15)17)8-19-9(2)13-4-5-14(18)21-13/h4-7,9,19H,3,8H2,1-2H3. The van der Waals surface area contributed by atoms with Crippen LogP contribution in [-0.2, 0) is 6.54 Å². The first-order valence-electron chi connectivity index (χ1n) is 6.60. The van der Waals surface area contributed by atoms with E-state index in [4.69, 9.17) is 16.3 Å². The molecule has 1 aromatic heterocycles. The molecule has 0 aliphatic rings. The summed E-state index contributed by atoms with van der Waals surface area (Å²) in [7, 11) is 0. The fourth-order valence-electron chi connectivity index (χ4n) is 1.98. The van der Waals surface area contributed by atoms with Crippen LogP contribution >= 0.6 is 54.8 Å². The molecular formula is C15H16Br2ClNOS. The summed E-state index contributed by atoms with van der Waals surface area (Å²) in [6.45, 7) is 5.49. The van der Waals surface area contributed by atoms with Crippen molar-refractivity contribution in [2.24, 2.45) is 0 Å². The summed E-state index contributed by atoms with van der Waals surface area (Å²) in [5.41, 5.74) is 1.12. The maximum atomic E-state index is 5.99. The highest BCUT2D eigenvalue weighted by molar-refractivity contribution is 9.11. The number of hydrogen-bond donors (Lipinski definition) is 1. The van der Waals surface area contributed by atoms with Gasteiger partial charge < -0.3 is 10.1 Å². The van der Waals surface area contributed by atoms with Crippen LogP contribution < -0.4 is 10.1 Å². The van der Waals surface area contributed by atoms with Gasteiger partial charge in [0.1, 0.15) is 5.75 Å². The third-order valence-corrected chi connectivity index (χ3v) is 5.45. The Labute approximate surface area is 151 Å². The van der Waals surface area contributed by atoms with Gasteiger partial charge in [0.25, 0.3) is 0 Å². The minimum absolute atomic E-state index is 0.245. The number of ether oxygens (including phenoxy) is 1. The summed E-state index contributed by atoms with van der Waals surface area (Å²) >= 11 is 14.7. The number of thiophene rings is 1. The van der Waals surface area contributed by atoms with E-state index >= 15 is 0 Å². The molecule has 21 heavy (non-hydrogen) atoms. The van der Waals surface area contributed by atoms with Crippen molar-refractivity contribution in [2.45, 2.75) is 26.4 Å². The van der Waals surface area contributed by atoms with Gasteiger partial charge in [-0.25, -0.2) is 0 Å². The van der Waals surface area contributed by atoms with Crippen molar-refractivity contribution in [1.82, 2.24) is 5.32 Å². The summed E-state index contributed by atoms with van der Waals surface area (Å²) in [5.74, 6) is 0.893. The maximum absolute atomic E-state index is 5.99. The molecule has 0 spiro atoms. The van der Waals surface area contributed by atoms with Crippen molar-refractivity contribution in [3.8, 4) is 5.75 Å². The van der Waals surface area contributed by atoms with Crippen LogP contribution in [0.4, 0.5) is 0 Å². The Balaban J connectivity index is 2.12. The summed E-state index contributed by atoms with van der Waals surface area (Å²) in [4.78, 5) is 1.23. The lowest BCUT2D eigenvalue weighted by atomic mass is 10.2. The molecule has 114 valence electrons. The molecule has 6 heteroatoms. The number of hydrogen-bond acceptors (Lipinski definition) is 3. The third kappa shape index (κ3) is 4.70. The van der Waals surface area contributed by atoms with Gasteiger partial charge in [0.15, 0.2) is 0 Å². The monoisotopic (exact) mass is 451 g/mol. The van der Waals surface area contributed by atoms with Gasteiger partial charge in [-0.1, -0.05) is 27.5 Å².